The van der Waals surface area contributed by atoms with E-state index in [2.05, 4.69) is 14.8 Å². The summed E-state index contributed by atoms with van der Waals surface area (Å²) in [5.41, 5.74) is 3.11. The van der Waals surface area contributed by atoms with Crippen LogP contribution >= 0.6 is 22.9 Å². The third kappa shape index (κ3) is 4.17. The number of aromatic nitrogens is 3. The predicted octanol–water partition coefficient (Wildman–Crippen LogP) is 4.13. The number of nitrogens with zero attached hydrogens (tertiary/aromatic N) is 5. The van der Waals surface area contributed by atoms with Crippen LogP contribution in [0.2, 0.25) is 5.02 Å². The molecule has 0 bridgehead atoms. The molecule has 36 heavy (non-hydrogen) atoms. The van der Waals surface area contributed by atoms with Gasteiger partial charge < -0.3 is 4.90 Å². The Bertz CT molecular complexity index is 1480. The van der Waals surface area contributed by atoms with Gasteiger partial charge in [0.1, 0.15) is 11.9 Å². The molecule has 3 aromatic rings. The Hall–Kier alpha value is -2.60. The molecule has 1 saturated carbocycles. The molecule has 1 N–H and O–H groups in total. The maximum absolute atomic E-state index is 13.9. The monoisotopic (exact) mass is 546 g/mol. The highest BCUT2D eigenvalue weighted by Crippen LogP contribution is 2.46. The van der Waals surface area contributed by atoms with E-state index in [1.54, 1.807) is 16.9 Å². The third-order valence-electron chi connectivity index (χ3n) is 6.95. The first-order valence-corrected chi connectivity index (χ1v) is 14.5. The standard InChI is InChI=1S/C24H24ClFN6O2S2/c1-31-9-7-19(29-31)21-20-12-15(30-36(33,34)16-3-2-4-16)13-32(20)23(24-27-8-10-35-24)28-22(21)17-6-5-14(26)11-18(17)25/h5-11,15-16,22,30H,2-4,12-13H2,1H3/t15-,22-/m0/s1. The molecule has 2 atom stereocenters. The first-order chi connectivity index (χ1) is 17.3. The van der Waals surface area contributed by atoms with E-state index in [1.165, 1.54) is 23.5 Å². The summed E-state index contributed by atoms with van der Waals surface area (Å²) in [6.45, 7) is 0.430. The number of rotatable bonds is 6. The number of benzene rings is 1. The number of nitrogens with one attached hydrogen (secondary N) is 1. The van der Waals surface area contributed by atoms with Crippen molar-refractivity contribution in [2.75, 3.05) is 6.54 Å². The van der Waals surface area contributed by atoms with E-state index in [-0.39, 0.29) is 16.3 Å². The van der Waals surface area contributed by atoms with Crippen molar-refractivity contribution in [2.24, 2.45) is 12.0 Å². The topological polar surface area (TPSA) is 92.5 Å². The minimum absolute atomic E-state index is 0.268. The first kappa shape index (κ1) is 23.8. The minimum atomic E-state index is -3.41. The summed E-state index contributed by atoms with van der Waals surface area (Å²) < 4.78 is 44.5. The van der Waals surface area contributed by atoms with Crippen molar-refractivity contribution in [3.8, 4) is 0 Å². The second kappa shape index (κ2) is 9.05. The molecule has 1 aromatic carbocycles. The van der Waals surface area contributed by atoms with E-state index in [4.69, 9.17) is 16.6 Å². The van der Waals surface area contributed by atoms with Crippen LogP contribution in [-0.4, -0.2) is 51.8 Å². The van der Waals surface area contributed by atoms with Gasteiger partial charge in [0.25, 0.3) is 0 Å². The van der Waals surface area contributed by atoms with Crippen LogP contribution in [0.15, 0.2) is 52.7 Å². The smallest absolute Gasteiger partial charge is 0.214 e. The Morgan fingerprint density at radius 2 is 2.08 bits per heavy atom. The van der Waals surface area contributed by atoms with Gasteiger partial charge in [-0.15, -0.1) is 11.3 Å². The predicted molar refractivity (Wildman–Crippen MR) is 138 cm³/mol. The number of thiazole rings is 1. The second-order valence-corrected chi connectivity index (χ2v) is 12.6. The third-order valence-corrected chi connectivity index (χ3v) is 10.1. The molecule has 2 fully saturated rings. The van der Waals surface area contributed by atoms with E-state index in [0.29, 0.717) is 42.9 Å². The van der Waals surface area contributed by atoms with Crippen molar-refractivity contribution in [2.45, 2.75) is 43.0 Å². The number of aliphatic imine (C=N–C) groups is 1. The van der Waals surface area contributed by atoms with Gasteiger partial charge in [-0.05, 0) is 31.0 Å². The lowest BCUT2D eigenvalue weighted by Crippen LogP contribution is -2.45. The summed E-state index contributed by atoms with van der Waals surface area (Å²) in [7, 11) is -1.57. The fourth-order valence-electron chi connectivity index (χ4n) is 5.01. The van der Waals surface area contributed by atoms with Gasteiger partial charge in [0.2, 0.25) is 10.0 Å². The lowest BCUT2D eigenvalue weighted by atomic mass is 9.92. The molecule has 8 nitrogen and oxygen atoms in total. The number of aryl methyl sites for hydroxylation is 1. The van der Waals surface area contributed by atoms with Gasteiger partial charge in [0, 0.05) is 65.7 Å². The average molecular weight is 547 g/mol. The van der Waals surface area contributed by atoms with Crippen LogP contribution < -0.4 is 4.72 Å². The number of amidine groups is 1. The molecule has 1 saturated heterocycles. The van der Waals surface area contributed by atoms with Crippen LogP contribution in [0.4, 0.5) is 4.39 Å². The lowest BCUT2D eigenvalue weighted by molar-refractivity contribution is 0.458. The maximum Gasteiger partial charge on any atom is 0.214 e. The molecule has 12 heteroatoms. The number of hydrogen-bond acceptors (Lipinski definition) is 7. The summed E-state index contributed by atoms with van der Waals surface area (Å²) in [5, 5.41) is 7.19. The van der Waals surface area contributed by atoms with Crippen LogP contribution in [0.1, 0.15) is 48.0 Å². The Kier molecular flexibility index (Phi) is 5.98. The Morgan fingerprint density at radius 1 is 1.25 bits per heavy atom. The van der Waals surface area contributed by atoms with Crippen LogP contribution in [0.3, 0.4) is 0 Å². The van der Waals surface area contributed by atoms with Crippen molar-refractivity contribution >= 4 is 44.4 Å². The molecule has 188 valence electrons. The minimum Gasteiger partial charge on any atom is -0.326 e. The molecule has 2 aliphatic heterocycles. The highest BCUT2D eigenvalue weighted by molar-refractivity contribution is 7.90. The molecule has 3 aliphatic rings. The van der Waals surface area contributed by atoms with Gasteiger partial charge in [0.05, 0.1) is 10.9 Å². The molecule has 0 amide bonds. The van der Waals surface area contributed by atoms with Gasteiger partial charge in [0.15, 0.2) is 10.8 Å². The normalized spacial score (nSPS) is 22.5. The highest BCUT2D eigenvalue weighted by atomic mass is 35.5. The maximum atomic E-state index is 13.9. The van der Waals surface area contributed by atoms with Gasteiger partial charge in [-0.1, -0.05) is 24.1 Å². The van der Waals surface area contributed by atoms with Crippen molar-refractivity contribution < 1.29 is 12.8 Å². The molecule has 4 heterocycles. The number of halogens is 2. The molecular weight excluding hydrogens is 523 g/mol. The summed E-state index contributed by atoms with van der Waals surface area (Å²) in [5.74, 6) is 0.221. The SMILES string of the molecule is Cn1ccc(C2=C3C[C@H](NS(=O)(=O)C4CCC4)CN3C(c3nccs3)=N[C@H]2c2ccc(F)cc2Cl)n1. The molecule has 0 spiro atoms. The van der Waals surface area contributed by atoms with Crippen LogP contribution in [0.25, 0.3) is 5.57 Å². The molecule has 0 unspecified atom stereocenters. The molecule has 0 radical (unpaired) electrons. The van der Waals surface area contributed by atoms with E-state index in [9.17, 15) is 12.8 Å². The Balaban J connectivity index is 1.49. The summed E-state index contributed by atoms with van der Waals surface area (Å²) in [6, 6.07) is 5.33. The number of sulfonamides is 1. The zero-order chi connectivity index (χ0) is 25.0. The summed E-state index contributed by atoms with van der Waals surface area (Å²) in [6.07, 6.45) is 6.38. The Morgan fingerprint density at radius 3 is 2.72 bits per heavy atom. The summed E-state index contributed by atoms with van der Waals surface area (Å²) >= 11 is 7.99. The fourth-order valence-corrected chi connectivity index (χ4v) is 7.69. The van der Waals surface area contributed by atoms with Crippen molar-refractivity contribution in [3.63, 3.8) is 0 Å². The second-order valence-electron chi connectivity index (χ2n) is 9.32. The number of fused-ring (bicyclic) bond motifs is 1. The molecule has 1 aliphatic carbocycles. The first-order valence-electron chi connectivity index (χ1n) is 11.7. The Labute approximate surface area is 217 Å². The highest BCUT2D eigenvalue weighted by Gasteiger charge is 2.43. The fraction of sp³-hybridized carbons (Fsp3) is 0.375. The van der Waals surface area contributed by atoms with Crippen molar-refractivity contribution in [3.05, 3.63) is 74.8 Å². The van der Waals surface area contributed by atoms with E-state index in [1.807, 2.05) is 29.6 Å². The van der Waals surface area contributed by atoms with E-state index >= 15 is 0 Å². The summed E-state index contributed by atoms with van der Waals surface area (Å²) in [4.78, 5) is 11.6. The quantitative estimate of drug-likeness (QED) is 0.502. The van der Waals surface area contributed by atoms with Gasteiger partial charge in [-0.2, -0.15) is 5.10 Å². The average Bonchev–Trinajstić information content (AvgIpc) is 3.52. The zero-order valence-electron chi connectivity index (χ0n) is 19.4. The number of hydrogen-bond donors (Lipinski definition) is 1. The van der Waals surface area contributed by atoms with Crippen molar-refractivity contribution in [1.82, 2.24) is 24.4 Å². The van der Waals surface area contributed by atoms with Gasteiger partial charge in [-0.25, -0.2) is 22.5 Å². The van der Waals surface area contributed by atoms with Crippen LogP contribution in [0, 0.1) is 5.82 Å². The largest absolute Gasteiger partial charge is 0.326 e. The lowest BCUT2D eigenvalue weighted by Gasteiger charge is -2.32. The van der Waals surface area contributed by atoms with E-state index < -0.39 is 21.9 Å². The molecular formula is C24H24ClFN6O2S2. The zero-order valence-corrected chi connectivity index (χ0v) is 21.8. The van der Waals surface area contributed by atoms with Crippen molar-refractivity contribution in [1.29, 1.82) is 0 Å². The molecule has 6 rings (SSSR count). The molecule has 2 aromatic heterocycles. The van der Waals surface area contributed by atoms with Gasteiger partial charge in [-0.3, -0.25) is 9.67 Å². The van der Waals surface area contributed by atoms with Crippen LogP contribution in [0.5, 0.6) is 0 Å². The van der Waals surface area contributed by atoms with Gasteiger partial charge >= 0.3 is 0 Å². The van der Waals surface area contributed by atoms with E-state index in [0.717, 1.165) is 22.7 Å². The van der Waals surface area contributed by atoms with Crippen LogP contribution in [-0.2, 0) is 17.1 Å².